The van der Waals surface area contributed by atoms with E-state index in [-0.39, 0.29) is 18.0 Å². The van der Waals surface area contributed by atoms with Crippen LogP contribution < -0.4 is 5.32 Å². The Morgan fingerprint density at radius 3 is 2.60 bits per heavy atom. The first-order valence-electron chi connectivity index (χ1n) is 9.97. The Kier molecular flexibility index (Phi) is 5.76. The van der Waals surface area contributed by atoms with E-state index in [1.807, 2.05) is 12.1 Å². The molecule has 1 atom stereocenters. The summed E-state index contributed by atoms with van der Waals surface area (Å²) in [4.78, 5) is 31.5. The van der Waals surface area contributed by atoms with E-state index in [0.717, 1.165) is 17.7 Å². The van der Waals surface area contributed by atoms with E-state index in [1.54, 1.807) is 12.4 Å². The van der Waals surface area contributed by atoms with Crippen molar-refractivity contribution in [2.75, 3.05) is 26.3 Å². The Morgan fingerprint density at radius 2 is 1.90 bits per heavy atom. The fraction of sp³-hybridized carbons (Fsp3) is 0.409. The van der Waals surface area contributed by atoms with Gasteiger partial charge in [0.2, 0.25) is 5.91 Å². The summed E-state index contributed by atoms with van der Waals surface area (Å²) in [6, 6.07) is 6.57. The minimum Gasteiger partial charge on any atom is -0.381 e. The van der Waals surface area contributed by atoms with Crippen molar-refractivity contribution in [1.82, 2.24) is 15.2 Å². The number of aromatic nitrogens is 1. The summed E-state index contributed by atoms with van der Waals surface area (Å²) in [6.45, 7) is 1.93. The first kappa shape index (κ1) is 20.4. The maximum Gasteiger partial charge on any atom is 0.256 e. The van der Waals surface area contributed by atoms with Crippen LogP contribution in [0.1, 0.15) is 28.8 Å². The van der Waals surface area contributed by atoms with Gasteiger partial charge in [-0.25, -0.2) is 8.78 Å². The number of nitrogens with zero attached hydrogens (tertiary/aromatic N) is 2. The maximum atomic E-state index is 14.2. The van der Waals surface area contributed by atoms with Gasteiger partial charge in [0.15, 0.2) is 0 Å². The molecule has 158 valence electrons. The number of amides is 2. The van der Waals surface area contributed by atoms with Gasteiger partial charge in [-0.05, 0) is 42.7 Å². The quantitative estimate of drug-likeness (QED) is 0.833. The van der Waals surface area contributed by atoms with E-state index < -0.39 is 28.9 Å². The summed E-state index contributed by atoms with van der Waals surface area (Å²) in [5, 5.41) is 2.96. The van der Waals surface area contributed by atoms with Gasteiger partial charge in [-0.1, -0.05) is 0 Å². The molecule has 1 N–H and O–H groups in total. The lowest BCUT2D eigenvalue weighted by Gasteiger charge is -2.37. The molecule has 0 bridgehead atoms. The zero-order valence-corrected chi connectivity index (χ0v) is 16.4. The third-order valence-corrected chi connectivity index (χ3v) is 6.12. The second-order valence-corrected chi connectivity index (χ2v) is 7.91. The van der Waals surface area contributed by atoms with Crippen LogP contribution in [0.5, 0.6) is 0 Å². The molecule has 0 radical (unpaired) electrons. The number of rotatable bonds is 4. The molecular weight excluding hydrogens is 392 g/mol. The van der Waals surface area contributed by atoms with Crippen LogP contribution in [-0.4, -0.2) is 48.0 Å². The van der Waals surface area contributed by atoms with E-state index >= 15 is 0 Å². The van der Waals surface area contributed by atoms with E-state index in [2.05, 4.69) is 10.3 Å². The molecule has 2 saturated heterocycles. The average molecular weight is 415 g/mol. The first-order chi connectivity index (χ1) is 14.5. The summed E-state index contributed by atoms with van der Waals surface area (Å²) in [5.74, 6) is -2.71. The molecule has 1 aromatic heterocycles. The largest absolute Gasteiger partial charge is 0.381 e. The number of ether oxygens (including phenoxy) is 1. The summed E-state index contributed by atoms with van der Waals surface area (Å²) in [5.41, 5.74) is 0.336. The van der Waals surface area contributed by atoms with Gasteiger partial charge in [-0.2, -0.15) is 0 Å². The van der Waals surface area contributed by atoms with Crippen LogP contribution in [0, 0.1) is 23.0 Å². The van der Waals surface area contributed by atoms with Crippen molar-refractivity contribution in [3.05, 3.63) is 65.5 Å². The minimum atomic E-state index is -0.897. The van der Waals surface area contributed by atoms with E-state index in [4.69, 9.17) is 4.74 Å². The summed E-state index contributed by atoms with van der Waals surface area (Å²) in [7, 11) is 0. The molecule has 8 heteroatoms. The van der Waals surface area contributed by atoms with Crippen molar-refractivity contribution in [2.24, 2.45) is 11.3 Å². The van der Waals surface area contributed by atoms with Gasteiger partial charge in [0.05, 0.1) is 11.5 Å². The molecule has 1 spiro atoms. The van der Waals surface area contributed by atoms with Crippen molar-refractivity contribution < 1.29 is 23.1 Å². The molecule has 2 fully saturated rings. The smallest absolute Gasteiger partial charge is 0.256 e. The highest BCUT2D eigenvalue weighted by atomic mass is 19.1. The lowest BCUT2D eigenvalue weighted by atomic mass is 9.71. The molecule has 0 aliphatic carbocycles. The summed E-state index contributed by atoms with van der Waals surface area (Å²) in [6.07, 6.45) is 4.62. The van der Waals surface area contributed by atoms with Crippen LogP contribution in [-0.2, 0) is 16.1 Å². The fourth-order valence-electron chi connectivity index (χ4n) is 4.42. The second kappa shape index (κ2) is 8.47. The van der Waals surface area contributed by atoms with Gasteiger partial charge in [0.1, 0.15) is 11.6 Å². The second-order valence-electron chi connectivity index (χ2n) is 7.91. The highest BCUT2D eigenvalue weighted by Gasteiger charge is 2.51. The lowest BCUT2D eigenvalue weighted by molar-refractivity contribution is -0.130. The number of hydrogen-bond acceptors (Lipinski definition) is 4. The molecule has 2 aliphatic heterocycles. The predicted molar refractivity (Wildman–Crippen MR) is 104 cm³/mol. The summed E-state index contributed by atoms with van der Waals surface area (Å²) >= 11 is 0. The van der Waals surface area contributed by atoms with Gasteiger partial charge < -0.3 is 15.0 Å². The highest BCUT2D eigenvalue weighted by molar-refractivity contribution is 5.95. The fourth-order valence-corrected chi connectivity index (χ4v) is 4.42. The van der Waals surface area contributed by atoms with Crippen molar-refractivity contribution >= 4 is 11.8 Å². The van der Waals surface area contributed by atoms with Gasteiger partial charge >= 0.3 is 0 Å². The number of benzene rings is 1. The van der Waals surface area contributed by atoms with Crippen LogP contribution in [0.4, 0.5) is 8.78 Å². The maximum absolute atomic E-state index is 14.2. The van der Waals surface area contributed by atoms with Crippen molar-refractivity contribution in [3.8, 4) is 0 Å². The number of likely N-dealkylation sites (tertiary alicyclic amines) is 1. The molecule has 2 amide bonds. The molecule has 1 unspecified atom stereocenters. The van der Waals surface area contributed by atoms with Crippen LogP contribution in [0.3, 0.4) is 0 Å². The number of halogens is 2. The molecule has 2 aromatic rings. The van der Waals surface area contributed by atoms with Crippen molar-refractivity contribution in [3.63, 3.8) is 0 Å². The zero-order valence-electron chi connectivity index (χ0n) is 16.4. The van der Waals surface area contributed by atoms with Crippen molar-refractivity contribution in [1.29, 1.82) is 0 Å². The van der Waals surface area contributed by atoms with Gasteiger partial charge in [0, 0.05) is 56.7 Å². The van der Waals surface area contributed by atoms with Gasteiger partial charge in [-0.3, -0.25) is 14.6 Å². The normalized spacial score (nSPS) is 20.3. The predicted octanol–water partition coefficient (Wildman–Crippen LogP) is 2.55. The third-order valence-electron chi connectivity index (χ3n) is 6.12. The Balaban J connectivity index is 1.53. The molecule has 6 nitrogen and oxygen atoms in total. The molecule has 1 aromatic carbocycles. The van der Waals surface area contributed by atoms with Crippen LogP contribution >= 0.6 is 0 Å². The van der Waals surface area contributed by atoms with Crippen molar-refractivity contribution in [2.45, 2.75) is 19.4 Å². The molecule has 3 heterocycles. The third kappa shape index (κ3) is 4.05. The molecule has 4 rings (SSSR count). The summed E-state index contributed by atoms with van der Waals surface area (Å²) < 4.78 is 32.9. The first-order valence-corrected chi connectivity index (χ1v) is 9.97. The average Bonchev–Trinajstić information content (AvgIpc) is 3.11. The molecular formula is C22H23F2N3O3. The van der Waals surface area contributed by atoms with Crippen LogP contribution in [0.15, 0.2) is 42.7 Å². The molecule has 2 aliphatic rings. The number of carbonyl (C=O) groups excluding carboxylic acids is 2. The van der Waals surface area contributed by atoms with Gasteiger partial charge in [-0.15, -0.1) is 0 Å². The van der Waals surface area contributed by atoms with E-state index in [9.17, 15) is 18.4 Å². The van der Waals surface area contributed by atoms with E-state index in [1.165, 1.54) is 4.90 Å². The number of nitrogens with one attached hydrogen (secondary N) is 1. The number of pyridine rings is 1. The molecule has 30 heavy (non-hydrogen) atoms. The highest BCUT2D eigenvalue weighted by Crippen LogP contribution is 2.45. The number of hydrogen-bond donors (Lipinski definition) is 1. The Morgan fingerprint density at radius 1 is 1.17 bits per heavy atom. The zero-order chi connectivity index (χ0) is 21.1. The lowest BCUT2D eigenvalue weighted by Crippen LogP contribution is -2.44. The van der Waals surface area contributed by atoms with Gasteiger partial charge in [0.25, 0.3) is 5.91 Å². The minimum absolute atomic E-state index is 0.136. The topological polar surface area (TPSA) is 71.5 Å². The molecule has 0 saturated carbocycles. The van der Waals surface area contributed by atoms with E-state index in [0.29, 0.717) is 45.2 Å². The Bertz CT molecular complexity index is 932. The Hall–Kier alpha value is -2.87. The SMILES string of the molecule is O=C(NCc1ccncc1)C1CN(C(=O)c2ccc(F)cc2F)CC12CCOCC2. The standard InChI is InChI=1S/C22H23F2N3O3/c23-16-1-2-17(19(24)11-16)21(29)27-13-18(22(14-27)5-9-30-10-6-22)20(28)26-12-15-3-7-25-8-4-15/h1-4,7-8,11,18H,5-6,9-10,12-14H2,(H,26,28). The Labute approximate surface area is 173 Å². The number of carbonyl (C=O) groups is 2. The van der Waals surface area contributed by atoms with Crippen LogP contribution in [0.25, 0.3) is 0 Å². The van der Waals surface area contributed by atoms with Crippen LogP contribution in [0.2, 0.25) is 0 Å². The monoisotopic (exact) mass is 415 g/mol.